The van der Waals surface area contributed by atoms with Crippen molar-refractivity contribution in [1.82, 2.24) is 10.2 Å². The number of piperazine rings is 1. The highest BCUT2D eigenvalue weighted by atomic mass is 16.6. The molecule has 1 aromatic rings. The van der Waals surface area contributed by atoms with Gasteiger partial charge in [-0.05, 0) is 18.9 Å². The van der Waals surface area contributed by atoms with E-state index in [2.05, 4.69) is 5.32 Å². The van der Waals surface area contributed by atoms with Crippen LogP contribution < -0.4 is 5.32 Å². The summed E-state index contributed by atoms with van der Waals surface area (Å²) in [6, 6.07) is 2.77. The number of carbonyl (C=O) groups is 3. The summed E-state index contributed by atoms with van der Waals surface area (Å²) < 4.78 is 0. The van der Waals surface area contributed by atoms with E-state index in [1.165, 1.54) is 4.90 Å². The van der Waals surface area contributed by atoms with Gasteiger partial charge >= 0.3 is 5.97 Å². The van der Waals surface area contributed by atoms with E-state index in [1.807, 2.05) is 0 Å². The lowest BCUT2D eigenvalue weighted by atomic mass is 9.87. The minimum Gasteiger partial charge on any atom is -0.478 e. The van der Waals surface area contributed by atoms with Gasteiger partial charge in [0, 0.05) is 23.7 Å². The Hall–Kier alpha value is -2.97. The van der Waals surface area contributed by atoms with E-state index in [9.17, 15) is 24.5 Å². The molecular formula is C16H17N3O6. The first-order valence-corrected chi connectivity index (χ1v) is 8.00. The molecule has 0 spiro atoms. The second-order valence-electron chi connectivity index (χ2n) is 6.29. The van der Waals surface area contributed by atoms with Crippen molar-refractivity contribution in [2.75, 3.05) is 6.54 Å². The molecule has 0 aromatic heterocycles. The van der Waals surface area contributed by atoms with Gasteiger partial charge in [-0.1, -0.05) is 12.8 Å². The van der Waals surface area contributed by atoms with Gasteiger partial charge in [0.2, 0.25) is 5.91 Å². The molecule has 0 bridgehead atoms. The highest BCUT2D eigenvalue weighted by Gasteiger charge is 2.39. The fourth-order valence-electron chi connectivity index (χ4n) is 3.53. The molecule has 25 heavy (non-hydrogen) atoms. The number of hydrogen-bond donors (Lipinski definition) is 2. The zero-order chi connectivity index (χ0) is 18.1. The molecule has 132 valence electrons. The van der Waals surface area contributed by atoms with Crippen molar-refractivity contribution in [3.63, 3.8) is 0 Å². The lowest BCUT2D eigenvalue weighted by Crippen LogP contribution is -2.62. The van der Waals surface area contributed by atoms with Gasteiger partial charge < -0.3 is 15.3 Å². The number of carbonyl (C=O) groups excluding carboxylic acids is 2. The number of fused-ring (bicyclic) bond motifs is 1. The number of non-ortho nitro benzene ring substituents is 1. The van der Waals surface area contributed by atoms with Gasteiger partial charge in [0.15, 0.2) is 0 Å². The maximum atomic E-state index is 12.9. The zero-order valence-corrected chi connectivity index (χ0v) is 13.3. The second kappa shape index (κ2) is 6.50. The van der Waals surface area contributed by atoms with Crippen molar-refractivity contribution >= 4 is 23.5 Å². The van der Waals surface area contributed by atoms with Crippen molar-refractivity contribution in [2.45, 2.75) is 37.8 Å². The average Bonchev–Trinajstić information content (AvgIpc) is 2.59. The topological polar surface area (TPSA) is 130 Å². The number of nitro groups is 1. The van der Waals surface area contributed by atoms with Crippen LogP contribution in [-0.4, -0.2) is 51.3 Å². The first-order chi connectivity index (χ1) is 11.9. The number of nitrogens with one attached hydrogen (secondary N) is 1. The lowest BCUT2D eigenvalue weighted by molar-refractivity contribution is -0.384. The molecule has 2 N–H and O–H groups in total. The maximum Gasteiger partial charge on any atom is 0.335 e. The van der Waals surface area contributed by atoms with Crippen molar-refractivity contribution in [3.8, 4) is 0 Å². The van der Waals surface area contributed by atoms with E-state index in [1.54, 1.807) is 0 Å². The molecule has 1 saturated carbocycles. The minimum absolute atomic E-state index is 0.0920. The molecule has 1 aliphatic carbocycles. The van der Waals surface area contributed by atoms with Crippen molar-refractivity contribution in [2.24, 2.45) is 0 Å². The zero-order valence-electron chi connectivity index (χ0n) is 13.3. The molecule has 9 heteroatoms. The molecule has 0 radical (unpaired) electrons. The number of carboxylic acids is 1. The van der Waals surface area contributed by atoms with E-state index in [0.29, 0.717) is 0 Å². The van der Waals surface area contributed by atoms with Crippen LogP contribution in [0.25, 0.3) is 0 Å². The van der Waals surface area contributed by atoms with Gasteiger partial charge in [-0.2, -0.15) is 0 Å². The van der Waals surface area contributed by atoms with E-state index < -0.39 is 22.5 Å². The van der Waals surface area contributed by atoms with Gasteiger partial charge in [-0.25, -0.2) is 4.79 Å². The third kappa shape index (κ3) is 3.30. The van der Waals surface area contributed by atoms with Crippen LogP contribution in [0.2, 0.25) is 0 Å². The number of nitro benzene ring substituents is 1. The standard InChI is InChI=1S/C16H17N3O6/c20-14-8-18(13-4-2-1-3-12(13)17-14)15(21)9-5-10(16(22)23)7-11(6-9)19(24)25/h5-7,12-13H,1-4,8H2,(H,17,20)(H,22,23). The van der Waals surface area contributed by atoms with Gasteiger partial charge in [0.25, 0.3) is 11.6 Å². The maximum absolute atomic E-state index is 12.9. The van der Waals surface area contributed by atoms with Gasteiger partial charge in [0.1, 0.15) is 6.54 Å². The Kier molecular flexibility index (Phi) is 4.39. The van der Waals surface area contributed by atoms with Crippen LogP contribution in [0, 0.1) is 10.1 Å². The number of carboxylic acid groups (broad SMARTS) is 1. The third-order valence-corrected chi connectivity index (χ3v) is 4.67. The molecule has 2 fully saturated rings. The molecule has 1 aromatic carbocycles. The lowest BCUT2D eigenvalue weighted by Gasteiger charge is -2.43. The monoisotopic (exact) mass is 347 g/mol. The number of aromatic carboxylic acids is 1. The predicted molar refractivity (Wildman–Crippen MR) is 85.3 cm³/mol. The van der Waals surface area contributed by atoms with Crippen LogP contribution in [0.5, 0.6) is 0 Å². The largest absolute Gasteiger partial charge is 0.478 e. The summed E-state index contributed by atoms with van der Waals surface area (Å²) in [4.78, 5) is 47.7. The van der Waals surface area contributed by atoms with Crippen LogP contribution in [0.1, 0.15) is 46.4 Å². The SMILES string of the molecule is O=C1CN(C(=O)c2cc(C(=O)O)cc([N+](=O)[O-])c2)C2CCCCC2N1. The molecule has 9 nitrogen and oxygen atoms in total. The van der Waals surface area contributed by atoms with Crippen LogP contribution in [0.4, 0.5) is 5.69 Å². The summed E-state index contributed by atoms with van der Waals surface area (Å²) in [5.74, 6) is -2.19. The molecule has 2 unspecified atom stereocenters. The van der Waals surface area contributed by atoms with E-state index >= 15 is 0 Å². The number of nitrogens with zero attached hydrogens (tertiary/aromatic N) is 2. The summed E-state index contributed by atoms with van der Waals surface area (Å²) in [6.45, 7) is -0.134. The molecule has 1 saturated heterocycles. The second-order valence-corrected chi connectivity index (χ2v) is 6.29. The third-order valence-electron chi connectivity index (χ3n) is 4.67. The predicted octanol–water partition coefficient (Wildman–Crippen LogP) is 1.18. The average molecular weight is 347 g/mol. The molecule has 2 atom stereocenters. The van der Waals surface area contributed by atoms with Crippen molar-refractivity contribution in [3.05, 3.63) is 39.4 Å². The normalized spacial score (nSPS) is 22.7. The molecule has 2 aliphatic rings. The Morgan fingerprint density at radius 1 is 1.20 bits per heavy atom. The van der Waals surface area contributed by atoms with E-state index in [4.69, 9.17) is 5.11 Å². The van der Waals surface area contributed by atoms with Gasteiger partial charge in [-0.3, -0.25) is 19.7 Å². The first-order valence-electron chi connectivity index (χ1n) is 8.00. The Balaban J connectivity index is 1.97. The van der Waals surface area contributed by atoms with Crippen molar-refractivity contribution in [1.29, 1.82) is 0 Å². The molecular weight excluding hydrogens is 330 g/mol. The number of rotatable bonds is 3. The van der Waals surface area contributed by atoms with Crippen LogP contribution in [0.3, 0.4) is 0 Å². The smallest absolute Gasteiger partial charge is 0.335 e. The van der Waals surface area contributed by atoms with E-state index in [-0.39, 0.29) is 35.7 Å². The Labute approximate surface area is 142 Å². The number of amides is 2. The van der Waals surface area contributed by atoms with Gasteiger partial charge in [0.05, 0.1) is 16.5 Å². The van der Waals surface area contributed by atoms with Gasteiger partial charge in [-0.15, -0.1) is 0 Å². The molecule has 2 amide bonds. The fraction of sp³-hybridized carbons (Fsp3) is 0.438. The highest BCUT2D eigenvalue weighted by Crippen LogP contribution is 2.28. The van der Waals surface area contributed by atoms with Crippen LogP contribution in [0.15, 0.2) is 18.2 Å². The molecule has 1 aliphatic heterocycles. The molecule has 3 rings (SSSR count). The quantitative estimate of drug-likeness (QED) is 0.624. The summed E-state index contributed by atoms with van der Waals surface area (Å²) in [5.41, 5.74) is -0.894. The molecule has 1 heterocycles. The Bertz CT molecular complexity index is 730. The summed E-state index contributed by atoms with van der Waals surface area (Å²) >= 11 is 0. The highest BCUT2D eigenvalue weighted by molar-refractivity contribution is 6.00. The fourth-order valence-corrected chi connectivity index (χ4v) is 3.53. The number of hydrogen-bond acceptors (Lipinski definition) is 5. The Morgan fingerprint density at radius 2 is 1.88 bits per heavy atom. The first kappa shape index (κ1) is 16.9. The number of benzene rings is 1. The van der Waals surface area contributed by atoms with E-state index in [0.717, 1.165) is 43.9 Å². The minimum atomic E-state index is -1.36. The van der Waals surface area contributed by atoms with Crippen LogP contribution in [-0.2, 0) is 4.79 Å². The summed E-state index contributed by atoms with van der Waals surface area (Å²) in [6.07, 6.45) is 3.40. The summed E-state index contributed by atoms with van der Waals surface area (Å²) in [5, 5.41) is 23.0. The summed E-state index contributed by atoms with van der Waals surface area (Å²) in [7, 11) is 0. The van der Waals surface area contributed by atoms with Crippen molar-refractivity contribution < 1.29 is 24.4 Å². The van der Waals surface area contributed by atoms with Crippen LogP contribution >= 0.6 is 0 Å². The Morgan fingerprint density at radius 3 is 2.56 bits per heavy atom.